The number of hydrogen-bond donors (Lipinski definition) is 2. The van der Waals surface area contributed by atoms with Gasteiger partial charge in [0.05, 0.1) is 5.01 Å². The van der Waals surface area contributed by atoms with E-state index in [2.05, 4.69) is 10.3 Å². The number of thiazole rings is 1. The summed E-state index contributed by atoms with van der Waals surface area (Å²) in [5.74, 6) is -0.363. The molecule has 5 nitrogen and oxygen atoms in total. The van der Waals surface area contributed by atoms with Gasteiger partial charge >= 0.3 is 5.97 Å². The van der Waals surface area contributed by atoms with Crippen molar-refractivity contribution in [3.8, 4) is 0 Å². The largest absolute Gasteiger partial charge is 0.476 e. The van der Waals surface area contributed by atoms with Crippen molar-refractivity contribution in [2.24, 2.45) is 5.92 Å². The van der Waals surface area contributed by atoms with Crippen molar-refractivity contribution < 1.29 is 14.7 Å². The normalized spacial score (nSPS) is 16.4. The lowest BCUT2D eigenvalue weighted by molar-refractivity contribution is -0.122. The second kappa shape index (κ2) is 8.12. The first kappa shape index (κ1) is 15.9. The van der Waals surface area contributed by atoms with Crippen LogP contribution in [0.3, 0.4) is 0 Å². The number of carbonyl (C=O) groups excluding carboxylic acids is 1. The average molecular weight is 310 g/mol. The van der Waals surface area contributed by atoms with Crippen molar-refractivity contribution >= 4 is 23.2 Å². The maximum absolute atomic E-state index is 11.9. The molecule has 0 radical (unpaired) electrons. The molecule has 0 saturated heterocycles. The van der Waals surface area contributed by atoms with Crippen LogP contribution >= 0.6 is 11.3 Å². The molecule has 0 atom stereocenters. The van der Waals surface area contributed by atoms with Crippen LogP contribution in [0.5, 0.6) is 0 Å². The quantitative estimate of drug-likeness (QED) is 0.792. The molecule has 1 aromatic rings. The molecular weight excluding hydrogens is 288 g/mol. The summed E-state index contributed by atoms with van der Waals surface area (Å²) < 4.78 is 0. The third kappa shape index (κ3) is 5.46. The highest BCUT2D eigenvalue weighted by Gasteiger charge is 2.16. The first-order valence-corrected chi connectivity index (χ1v) is 8.47. The first-order chi connectivity index (χ1) is 10.1. The van der Waals surface area contributed by atoms with Gasteiger partial charge in [0.2, 0.25) is 5.91 Å². The molecular formula is C15H22N2O3S. The maximum Gasteiger partial charge on any atom is 0.355 e. The van der Waals surface area contributed by atoms with E-state index in [9.17, 15) is 9.59 Å². The maximum atomic E-state index is 11.9. The topological polar surface area (TPSA) is 79.3 Å². The van der Waals surface area contributed by atoms with Crippen LogP contribution in [0.4, 0.5) is 0 Å². The Bertz CT molecular complexity index is 479. The third-order valence-corrected chi connectivity index (χ3v) is 4.79. The van der Waals surface area contributed by atoms with Crippen molar-refractivity contribution in [2.75, 3.05) is 6.54 Å². The summed E-state index contributed by atoms with van der Waals surface area (Å²) in [6.45, 7) is 0.526. The standard InChI is InChI=1S/C15H22N2O3S/c18-13(9-11-5-3-1-2-4-6-11)16-8-7-14-17-12(10-21-14)15(19)20/h10-11H,1-9H2,(H,16,18)(H,19,20). The number of nitrogens with zero attached hydrogens (tertiary/aromatic N) is 1. The van der Waals surface area contributed by atoms with Gasteiger partial charge in [-0.05, 0) is 18.8 Å². The van der Waals surface area contributed by atoms with E-state index in [4.69, 9.17) is 5.11 Å². The van der Waals surface area contributed by atoms with Crippen LogP contribution in [-0.4, -0.2) is 28.5 Å². The number of aromatic carboxylic acids is 1. The van der Waals surface area contributed by atoms with Crippen LogP contribution in [0.15, 0.2) is 5.38 Å². The molecule has 0 unspecified atom stereocenters. The molecule has 2 N–H and O–H groups in total. The highest BCUT2D eigenvalue weighted by Crippen LogP contribution is 2.25. The van der Waals surface area contributed by atoms with E-state index < -0.39 is 5.97 Å². The van der Waals surface area contributed by atoms with E-state index in [0.29, 0.717) is 25.3 Å². The Morgan fingerprint density at radius 1 is 1.29 bits per heavy atom. The minimum Gasteiger partial charge on any atom is -0.476 e. The lowest BCUT2D eigenvalue weighted by Crippen LogP contribution is -2.27. The SMILES string of the molecule is O=C(CC1CCCCCC1)NCCc1nc(C(=O)O)cs1. The van der Waals surface area contributed by atoms with Gasteiger partial charge < -0.3 is 10.4 Å². The van der Waals surface area contributed by atoms with E-state index in [1.165, 1.54) is 55.2 Å². The number of aromatic nitrogens is 1. The number of nitrogens with one attached hydrogen (secondary N) is 1. The van der Waals surface area contributed by atoms with Crippen molar-refractivity contribution in [3.63, 3.8) is 0 Å². The van der Waals surface area contributed by atoms with Gasteiger partial charge in [-0.1, -0.05) is 25.7 Å². The van der Waals surface area contributed by atoms with Crippen molar-refractivity contribution in [2.45, 2.75) is 51.4 Å². The molecule has 1 heterocycles. The number of amides is 1. The summed E-state index contributed by atoms with van der Waals surface area (Å²) in [7, 11) is 0. The van der Waals surface area contributed by atoms with Crippen molar-refractivity contribution in [1.82, 2.24) is 10.3 Å². The number of hydrogen-bond acceptors (Lipinski definition) is 4. The zero-order valence-electron chi connectivity index (χ0n) is 12.1. The smallest absolute Gasteiger partial charge is 0.355 e. The molecule has 6 heteroatoms. The summed E-state index contributed by atoms with van der Waals surface area (Å²) in [4.78, 5) is 26.6. The Labute approximate surface area is 128 Å². The Kier molecular flexibility index (Phi) is 6.17. The zero-order valence-corrected chi connectivity index (χ0v) is 13.0. The fourth-order valence-corrected chi connectivity index (χ4v) is 3.51. The van der Waals surface area contributed by atoms with Crippen LogP contribution in [0.2, 0.25) is 0 Å². The predicted octanol–water partition coefficient (Wildman–Crippen LogP) is 2.86. The molecule has 1 aromatic heterocycles. The Morgan fingerprint density at radius 2 is 2.00 bits per heavy atom. The summed E-state index contributed by atoms with van der Waals surface area (Å²) >= 11 is 1.32. The molecule has 1 amide bonds. The lowest BCUT2D eigenvalue weighted by atomic mass is 9.96. The lowest BCUT2D eigenvalue weighted by Gasteiger charge is -2.13. The molecule has 1 fully saturated rings. The van der Waals surface area contributed by atoms with Gasteiger partial charge in [-0.15, -0.1) is 11.3 Å². The number of rotatable bonds is 6. The monoisotopic (exact) mass is 310 g/mol. The molecule has 1 saturated carbocycles. The highest BCUT2D eigenvalue weighted by molar-refractivity contribution is 7.09. The van der Waals surface area contributed by atoms with Crippen LogP contribution in [-0.2, 0) is 11.2 Å². The second-order valence-electron chi connectivity index (χ2n) is 5.59. The molecule has 1 aliphatic carbocycles. The zero-order chi connectivity index (χ0) is 15.1. The first-order valence-electron chi connectivity index (χ1n) is 7.59. The fourth-order valence-electron chi connectivity index (χ4n) is 2.74. The molecule has 116 valence electrons. The Morgan fingerprint density at radius 3 is 2.62 bits per heavy atom. The van der Waals surface area contributed by atoms with Gasteiger partial charge in [0.25, 0.3) is 0 Å². The molecule has 21 heavy (non-hydrogen) atoms. The summed E-state index contributed by atoms with van der Waals surface area (Å²) in [5, 5.41) is 14.0. The number of carboxylic acid groups (broad SMARTS) is 1. The van der Waals surface area contributed by atoms with Gasteiger partial charge in [-0.25, -0.2) is 9.78 Å². The summed E-state index contributed by atoms with van der Waals surface area (Å²) in [6.07, 6.45) is 8.64. The van der Waals surface area contributed by atoms with Gasteiger partial charge in [-0.3, -0.25) is 4.79 Å². The van der Waals surface area contributed by atoms with Crippen LogP contribution in [0, 0.1) is 5.92 Å². The van der Waals surface area contributed by atoms with Crippen molar-refractivity contribution in [1.29, 1.82) is 0 Å². The Balaban J connectivity index is 1.67. The average Bonchev–Trinajstić information content (AvgIpc) is 2.77. The minimum absolute atomic E-state index is 0.0831. The second-order valence-corrected chi connectivity index (χ2v) is 6.54. The predicted molar refractivity (Wildman–Crippen MR) is 81.6 cm³/mol. The molecule has 0 bridgehead atoms. The molecule has 0 spiro atoms. The van der Waals surface area contributed by atoms with E-state index in [-0.39, 0.29) is 11.6 Å². The fraction of sp³-hybridized carbons (Fsp3) is 0.667. The minimum atomic E-state index is -1.00. The van der Waals surface area contributed by atoms with Gasteiger partial charge in [0.1, 0.15) is 0 Å². The van der Waals surface area contributed by atoms with Gasteiger partial charge in [0, 0.05) is 24.8 Å². The van der Waals surface area contributed by atoms with Crippen molar-refractivity contribution in [3.05, 3.63) is 16.1 Å². The van der Waals surface area contributed by atoms with Gasteiger partial charge in [0.15, 0.2) is 5.69 Å². The van der Waals surface area contributed by atoms with E-state index >= 15 is 0 Å². The van der Waals surface area contributed by atoms with Crippen LogP contribution in [0.1, 0.15) is 60.4 Å². The van der Waals surface area contributed by atoms with E-state index in [0.717, 1.165) is 5.01 Å². The molecule has 0 aromatic carbocycles. The number of carboxylic acids is 1. The molecule has 1 aliphatic rings. The summed E-state index contributed by atoms with van der Waals surface area (Å²) in [6, 6.07) is 0. The van der Waals surface area contributed by atoms with Crippen LogP contribution < -0.4 is 5.32 Å². The van der Waals surface area contributed by atoms with E-state index in [1.807, 2.05) is 0 Å². The van der Waals surface area contributed by atoms with E-state index in [1.54, 1.807) is 0 Å². The molecule has 0 aliphatic heterocycles. The highest BCUT2D eigenvalue weighted by atomic mass is 32.1. The summed E-state index contributed by atoms with van der Waals surface area (Å²) in [5.41, 5.74) is 0.0831. The third-order valence-electron chi connectivity index (χ3n) is 3.88. The Hall–Kier alpha value is -1.43. The van der Waals surface area contributed by atoms with Crippen LogP contribution in [0.25, 0.3) is 0 Å². The molecule has 2 rings (SSSR count). The van der Waals surface area contributed by atoms with Gasteiger partial charge in [-0.2, -0.15) is 0 Å². The number of carbonyl (C=O) groups is 2.